The number of nitrogens with zero attached hydrogens (tertiary/aromatic N) is 4. The van der Waals surface area contributed by atoms with Crippen molar-refractivity contribution in [3.05, 3.63) is 35.9 Å². The number of carbonyl (C=O) groups excluding carboxylic acids is 2. The maximum atomic E-state index is 13.0. The fraction of sp³-hybridized carbons (Fsp3) is 0.389. The number of amides is 3. The minimum absolute atomic E-state index is 0.00226. The summed E-state index contributed by atoms with van der Waals surface area (Å²) in [5.74, 6) is 0.760. The zero-order chi connectivity index (χ0) is 17.6. The van der Waals surface area contributed by atoms with Gasteiger partial charge in [0.15, 0.2) is 0 Å². The Kier molecular flexibility index (Phi) is 3.71. The monoisotopic (exact) mass is 339 g/mol. The van der Waals surface area contributed by atoms with E-state index in [1.54, 1.807) is 4.90 Å². The van der Waals surface area contributed by atoms with E-state index in [4.69, 9.17) is 0 Å². The van der Waals surface area contributed by atoms with Crippen LogP contribution in [0.3, 0.4) is 0 Å². The SMILES string of the molecule is CN(C)c1cc(C(=O)N2CC(N3CCNC3=O)C2)c2ccccc2n1. The second-order valence-electron chi connectivity index (χ2n) is 6.73. The van der Waals surface area contributed by atoms with Gasteiger partial charge in [-0.15, -0.1) is 0 Å². The van der Waals surface area contributed by atoms with Gasteiger partial charge in [-0.2, -0.15) is 0 Å². The van der Waals surface area contributed by atoms with Gasteiger partial charge in [0.2, 0.25) is 0 Å². The van der Waals surface area contributed by atoms with Crippen LogP contribution in [0.4, 0.5) is 10.6 Å². The summed E-state index contributed by atoms with van der Waals surface area (Å²) in [6.07, 6.45) is 0. The van der Waals surface area contributed by atoms with E-state index in [1.165, 1.54) is 0 Å². The molecule has 2 fully saturated rings. The number of carbonyl (C=O) groups is 2. The molecular formula is C18H21N5O2. The van der Waals surface area contributed by atoms with Gasteiger partial charge in [-0.05, 0) is 12.1 Å². The van der Waals surface area contributed by atoms with Crippen molar-refractivity contribution in [2.24, 2.45) is 0 Å². The van der Waals surface area contributed by atoms with Crippen molar-refractivity contribution in [1.29, 1.82) is 0 Å². The standard InChI is InChI=1S/C18H21N5O2/c1-21(2)16-9-14(13-5-3-4-6-15(13)20-16)17(24)22-10-12(11-22)23-8-7-19-18(23)25/h3-6,9,12H,7-8,10-11H2,1-2H3,(H,19,25). The summed E-state index contributed by atoms with van der Waals surface area (Å²) in [6.45, 7) is 2.57. The summed E-state index contributed by atoms with van der Waals surface area (Å²) in [4.78, 5) is 34.9. The van der Waals surface area contributed by atoms with Crippen molar-refractivity contribution in [3.63, 3.8) is 0 Å². The van der Waals surface area contributed by atoms with Gasteiger partial charge >= 0.3 is 6.03 Å². The van der Waals surface area contributed by atoms with Crippen molar-refractivity contribution < 1.29 is 9.59 Å². The van der Waals surface area contributed by atoms with E-state index in [0.717, 1.165) is 16.7 Å². The molecule has 0 bridgehead atoms. The molecule has 0 aliphatic carbocycles. The predicted octanol–water partition coefficient (Wildman–Crippen LogP) is 1.15. The third kappa shape index (κ3) is 2.65. The van der Waals surface area contributed by atoms with E-state index in [-0.39, 0.29) is 18.0 Å². The summed E-state index contributed by atoms with van der Waals surface area (Å²) < 4.78 is 0. The molecule has 2 saturated heterocycles. The Morgan fingerprint density at radius 1 is 1.28 bits per heavy atom. The van der Waals surface area contributed by atoms with Gasteiger partial charge in [0.05, 0.1) is 17.1 Å². The lowest BCUT2D eigenvalue weighted by Gasteiger charge is -2.43. The second kappa shape index (κ2) is 5.91. The summed E-state index contributed by atoms with van der Waals surface area (Å²) >= 11 is 0. The average Bonchev–Trinajstić information content (AvgIpc) is 2.98. The Labute approximate surface area is 146 Å². The normalized spacial score (nSPS) is 17.6. The smallest absolute Gasteiger partial charge is 0.317 e. The molecule has 4 rings (SSSR count). The first-order valence-electron chi connectivity index (χ1n) is 8.45. The van der Waals surface area contributed by atoms with Gasteiger partial charge in [0.25, 0.3) is 5.91 Å². The lowest BCUT2D eigenvalue weighted by Crippen LogP contribution is -2.61. The lowest BCUT2D eigenvalue weighted by molar-refractivity contribution is 0.0408. The average molecular weight is 339 g/mol. The number of likely N-dealkylation sites (tertiary alicyclic amines) is 1. The van der Waals surface area contributed by atoms with Crippen molar-refractivity contribution in [2.75, 3.05) is 45.2 Å². The van der Waals surface area contributed by atoms with E-state index in [2.05, 4.69) is 10.3 Å². The number of hydrogen-bond acceptors (Lipinski definition) is 4. The molecule has 0 atom stereocenters. The molecule has 2 aromatic rings. The Morgan fingerprint density at radius 3 is 2.72 bits per heavy atom. The van der Waals surface area contributed by atoms with Crippen LogP contribution >= 0.6 is 0 Å². The van der Waals surface area contributed by atoms with Gasteiger partial charge in [-0.1, -0.05) is 18.2 Å². The molecule has 1 N–H and O–H groups in total. The maximum absolute atomic E-state index is 13.0. The van der Waals surface area contributed by atoms with Gasteiger partial charge < -0.3 is 20.0 Å². The van der Waals surface area contributed by atoms with Gasteiger partial charge in [-0.25, -0.2) is 9.78 Å². The molecule has 1 aromatic heterocycles. The first-order valence-corrected chi connectivity index (χ1v) is 8.45. The summed E-state index contributed by atoms with van der Waals surface area (Å²) in [7, 11) is 3.83. The minimum Gasteiger partial charge on any atom is -0.363 e. The van der Waals surface area contributed by atoms with Gasteiger partial charge in [0.1, 0.15) is 5.82 Å². The molecule has 0 unspecified atom stereocenters. The van der Waals surface area contributed by atoms with Crippen molar-refractivity contribution in [3.8, 4) is 0 Å². The molecule has 25 heavy (non-hydrogen) atoms. The van der Waals surface area contributed by atoms with Crippen LogP contribution in [-0.4, -0.2) is 73.0 Å². The first-order chi connectivity index (χ1) is 12.0. The summed E-state index contributed by atoms with van der Waals surface area (Å²) in [5.41, 5.74) is 1.48. The molecule has 3 heterocycles. The highest BCUT2D eigenvalue weighted by Gasteiger charge is 2.39. The van der Waals surface area contributed by atoms with E-state index in [0.29, 0.717) is 31.7 Å². The molecule has 7 nitrogen and oxygen atoms in total. The van der Waals surface area contributed by atoms with Crippen LogP contribution < -0.4 is 10.2 Å². The number of pyridine rings is 1. The highest BCUT2D eigenvalue weighted by Crippen LogP contribution is 2.26. The summed E-state index contributed by atoms with van der Waals surface area (Å²) in [5, 5.41) is 3.67. The fourth-order valence-corrected chi connectivity index (χ4v) is 3.39. The van der Waals surface area contributed by atoms with Crippen LogP contribution in [-0.2, 0) is 0 Å². The minimum atomic E-state index is -0.0265. The maximum Gasteiger partial charge on any atom is 0.317 e. The van der Waals surface area contributed by atoms with Crippen LogP contribution in [0.15, 0.2) is 30.3 Å². The van der Waals surface area contributed by atoms with Crippen molar-refractivity contribution in [2.45, 2.75) is 6.04 Å². The number of nitrogens with one attached hydrogen (secondary N) is 1. The van der Waals surface area contributed by atoms with Gasteiger partial charge in [0, 0.05) is 45.7 Å². The zero-order valence-electron chi connectivity index (χ0n) is 14.4. The Morgan fingerprint density at radius 2 is 2.04 bits per heavy atom. The van der Waals surface area contributed by atoms with Crippen molar-refractivity contribution in [1.82, 2.24) is 20.1 Å². The molecule has 0 radical (unpaired) electrons. The third-order valence-corrected chi connectivity index (χ3v) is 4.87. The Bertz CT molecular complexity index is 844. The molecule has 130 valence electrons. The van der Waals surface area contributed by atoms with E-state index >= 15 is 0 Å². The molecule has 1 aromatic carbocycles. The number of fused-ring (bicyclic) bond motifs is 1. The second-order valence-corrected chi connectivity index (χ2v) is 6.73. The lowest BCUT2D eigenvalue weighted by atomic mass is 10.0. The Balaban J connectivity index is 1.59. The van der Waals surface area contributed by atoms with Crippen LogP contribution in [0.5, 0.6) is 0 Å². The molecule has 2 aliphatic rings. The number of aromatic nitrogens is 1. The Hall–Kier alpha value is -2.83. The molecule has 0 spiro atoms. The molecule has 7 heteroatoms. The highest BCUT2D eigenvalue weighted by atomic mass is 16.2. The largest absolute Gasteiger partial charge is 0.363 e. The number of para-hydroxylation sites is 1. The van der Waals surface area contributed by atoms with E-state index in [1.807, 2.05) is 54.2 Å². The van der Waals surface area contributed by atoms with Crippen LogP contribution in [0.1, 0.15) is 10.4 Å². The van der Waals surface area contributed by atoms with Gasteiger partial charge in [-0.3, -0.25) is 4.79 Å². The third-order valence-electron chi connectivity index (χ3n) is 4.87. The molecule has 0 saturated carbocycles. The highest BCUT2D eigenvalue weighted by molar-refractivity contribution is 6.07. The first kappa shape index (κ1) is 15.7. The van der Waals surface area contributed by atoms with Crippen molar-refractivity contribution >= 4 is 28.7 Å². The summed E-state index contributed by atoms with van der Waals surface area (Å²) in [6, 6.07) is 9.64. The fourth-order valence-electron chi connectivity index (χ4n) is 3.39. The number of anilines is 1. The van der Waals surface area contributed by atoms with Crippen LogP contribution in [0, 0.1) is 0 Å². The number of rotatable bonds is 3. The quantitative estimate of drug-likeness (QED) is 0.911. The number of hydrogen-bond donors (Lipinski definition) is 1. The van der Waals surface area contributed by atoms with E-state index < -0.39 is 0 Å². The molecule has 2 aliphatic heterocycles. The molecule has 3 amide bonds. The van der Waals surface area contributed by atoms with Crippen LogP contribution in [0.2, 0.25) is 0 Å². The topological polar surface area (TPSA) is 68.8 Å². The number of urea groups is 1. The molecular weight excluding hydrogens is 318 g/mol. The van der Waals surface area contributed by atoms with E-state index in [9.17, 15) is 9.59 Å². The van der Waals surface area contributed by atoms with Crippen LogP contribution in [0.25, 0.3) is 10.9 Å². The number of benzene rings is 1. The predicted molar refractivity (Wildman–Crippen MR) is 95.9 cm³/mol. The zero-order valence-corrected chi connectivity index (χ0v) is 14.4.